The summed E-state index contributed by atoms with van der Waals surface area (Å²) in [4.78, 5) is 18.7. The highest BCUT2D eigenvalue weighted by Crippen LogP contribution is 2.23. The van der Waals surface area contributed by atoms with Gasteiger partial charge in [-0.05, 0) is 37.9 Å². The minimum Gasteiger partial charge on any atom is -0.465 e. The molecule has 0 unspecified atom stereocenters. The number of aromatic nitrogens is 2. The second kappa shape index (κ2) is 6.96. The van der Waals surface area contributed by atoms with Crippen molar-refractivity contribution in [2.75, 3.05) is 13.7 Å². The van der Waals surface area contributed by atoms with Crippen LogP contribution in [0, 0.1) is 6.92 Å². The van der Waals surface area contributed by atoms with Gasteiger partial charge in [-0.2, -0.15) is 0 Å². The molecular formula is C18H23N3O2. The van der Waals surface area contributed by atoms with Gasteiger partial charge >= 0.3 is 5.97 Å². The number of carbonyl (C=O) groups excluding carboxylic acids is 1. The van der Waals surface area contributed by atoms with Gasteiger partial charge in [0.25, 0.3) is 0 Å². The van der Waals surface area contributed by atoms with E-state index in [1.54, 1.807) is 0 Å². The number of imidazole rings is 1. The van der Waals surface area contributed by atoms with E-state index < -0.39 is 0 Å². The Kier molecular flexibility index (Phi) is 4.76. The second-order valence-electron chi connectivity index (χ2n) is 6.04. The summed E-state index contributed by atoms with van der Waals surface area (Å²) in [5.74, 6) is 0.786. The molecule has 1 aliphatic heterocycles. The van der Waals surface area contributed by atoms with Crippen LogP contribution in [0.2, 0.25) is 0 Å². The lowest BCUT2D eigenvalue weighted by atomic mass is 10.1. The van der Waals surface area contributed by atoms with E-state index in [1.807, 2.05) is 43.6 Å². The number of ether oxygens (including phenoxy) is 1. The smallest absolute Gasteiger partial charge is 0.338 e. The van der Waals surface area contributed by atoms with Crippen molar-refractivity contribution in [3.8, 4) is 0 Å². The van der Waals surface area contributed by atoms with Crippen LogP contribution in [-0.2, 0) is 17.8 Å². The molecule has 0 aliphatic carbocycles. The Balaban J connectivity index is 1.74. The maximum absolute atomic E-state index is 11.9. The van der Waals surface area contributed by atoms with Crippen molar-refractivity contribution < 1.29 is 9.53 Å². The topological polar surface area (TPSA) is 47.4 Å². The van der Waals surface area contributed by atoms with E-state index in [4.69, 9.17) is 4.74 Å². The van der Waals surface area contributed by atoms with E-state index in [2.05, 4.69) is 14.5 Å². The molecule has 23 heavy (non-hydrogen) atoms. The molecule has 0 radical (unpaired) electrons. The molecule has 0 bridgehead atoms. The number of carbonyl (C=O) groups is 1. The summed E-state index contributed by atoms with van der Waals surface area (Å²) in [6.07, 6.45) is 6.26. The Labute approximate surface area is 136 Å². The van der Waals surface area contributed by atoms with Gasteiger partial charge in [0.1, 0.15) is 5.82 Å². The Hall–Kier alpha value is -2.14. The second-order valence-corrected chi connectivity index (χ2v) is 6.04. The van der Waals surface area contributed by atoms with E-state index in [-0.39, 0.29) is 5.97 Å². The van der Waals surface area contributed by atoms with E-state index in [1.165, 1.54) is 20.0 Å². The van der Waals surface area contributed by atoms with Crippen LogP contribution in [0.15, 0.2) is 36.7 Å². The molecule has 0 saturated carbocycles. The molecular weight excluding hydrogens is 290 g/mol. The van der Waals surface area contributed by atoms with Gasteiger partial charge in [-0.1, -0.05) is 18.2 Å². The molecule has 2 heterocycles. The van der Waals surface area contributed by atoms with Gasteiger partial charge in [-0.3, -0.25) is 4.90 Å². The fourth-order valence-electron chi connectivity index (χ4n) is 3.32. The quantitative estimate of drug-likeness (QED) is 0.796. The van der Waals surface area contributed by atoms with E-state index >= 15 is 0 Å². The normalized spacial score (nSPS) is 18.3. The zero-order valence-electron chi connectivity index (χ0n) is 13.7. The molecule has 1 atom stereocenters. The number of hydrogen-bond acceptors (Lipinski definition) is 4. The largest absolute Gasteiger partial charge is 0.465 e. The van der Waals surface area contributed by atoms with Crippen LogP contribution >= 0.6 is 0 Å². The molecule has 5 heteroatoms. The monoisotopic (exact) mass is 313 g/mol. The molecule has 1 aliphatic rings. The summed E-state index contributed by atoms with van der Waals surface area (Å²) in [5.41, 5.74) is 1.70. The minimum absolute atomic E-state index is 0.262. The van der Waals surface area contributed by atoms with Crippen LogP contribution in [0.4, 0.5) is 0 Å². The van der Waals surface area contributed by atoms with Crippen molar-refractivity contribution in [2.45, 2.75) is 38.9 Å². The summed E-state index contributed by atoms with van der Waals surface area (Å²) in [6, 6.07) is 8.20. The molecule has 122 valence electrons. The highest BCUT2D eigenvalue weighted by molar-refractivity contribution is 5.90. The maximum Gasteiger partial charge on any atom is 0.338 e. The van der Waals surface area contributed by atoms with Crippen LogP contribution in [-0.4, -0.2) is 40.1 Å². The molecule has 2 aromatic rings. The highest BCUT2D eigenvalue weighted by atomic mass is 16.5. The predicted molar refractivity (Wildman–Crippen MR) is 88.2 cm³/mol. The van der Waals surface area contributed by atoms with Gasteiger partial charge < -0.3 is 9.30 Å². The molecule has 5 nitrogen and oxygen atoms in total. The first-order chi connectivity index (χ1) is 11.2. The Morgan fingerprint density at radius 2 is 2.22 bits per heavy atom. The highest BCUT2D eigenvalue weighted by Gasteiger charge is 2.26. The van der Waals surface area contributed by atoms with E-state index in [0.29, 0.717) is 11.6 Å². The van der Waals surface area contributed by atoms with Gasteiger partial charge in [0.15, 0.2) is 0 Å². The SMILES string of the molecule is COC(=O)c1ccccc1CN1CCC[C@H]1Cn1ccnc1C. The van der Waals surface area contributed by atoms with Crippen LogP contribution < -0.4 is 0 Å². The summed E-state index contributed by atoms with van der Waals surface area (Å²) in [5, 5.41) is 0. The summed E-state index contributed by atoms with van der Waals surface area (Å²) >= 11 is 0. The molecule has 0 spiro atoms. The van der Waals surface area contributed by atoms with Crippen LogP contribution in [0.5, 0.6) is 0 Å². The Bertz CT molecular complexity index is 680. The number of rotatable bonds is 5. The first-order valence-electron chi connectivity index (χ1n) is 8.07. The summed E-state index contributed by atoms with van der Waals surface area (Å²) in [6.45, 7) is 4.83. The van der Waals surface area contributed by atoms with E-state index in [0.717, 1.165) is 31.0 Å². The van der Waals surface area contributed by atoms with Gasteiger partial charge in [-0.15, -0.1) is 0 Å². The van der Waals surface area contributed by atoms with Crippen molar-refractivity contribution in [3.63, 3.8) is 0 Å². The molecule has 1 aromatic heterocycles. The van der Waals surface area contributed by atoms with Crippen molar-refractivity contribution in [1.29, 1.82) is 0 Å². The van der Waals surface area contributed by atoms with Crippen LogP contribution in [0.1, 0.15) is 34.6 Å². The molecule has 0 amide bonds. The first-order valence-corrected chi connectivity index (χ1v) is 8.07. The maximum atomic E-state index is 11.9. The van der Waals surface area contributed by atoms with Crippen molar-refractivity contribution in [2.24, 2.45) is 0 Å². The zero-order chi connectivity index (χ0) is 16.2. The first kappa shape index (κ1) is 15.7. The zero-order valence-corrected chi connectivity index (χ0v) is 13.7. The lowest BCUT2D eigenvalue weighted by Gasteiger charge is -2.26. The number of benzene rings is 1. The molecule has 1 fully saturated rings. The third-order valence-electron chi connectivity index (χ3n) is 4.63. The number of esters is 1. The Morgan fingerprint density at radius 1 is 1.39 bits per heavy atom. The summed E-state index contributed by atoms with van der Waals surface area (Å²) < 4.78 is 7.10. The molecule has 0 N–H and O–H groups in total. The average Bonchev–Trinajstić information content (AvgIpc) is 3.17. The molecule has 1 aromatic carbocycles. The Morgan fingerprint density at radius 3 is 2.96 bits per heavy atom. The third-order valence-corrected chi connectivity index (χ3v) is 4.63. The van der Waals surface area contributed by atoms with Crippen molar-refractivity contribution in [3.05, 3.63) is 53.6 Å². The third kappa shape index (κ3) is 3.45. The van der Waals surface area contributed by atoms with Crippen molar-refractivity contribution >= 4 is 5.97 Å². The van der Waals surface area contributed by atoms with Gasteiger partial charge in [0.2, 0.25) is 0 Å². The van der Waals surface area contributed by atoms with Crippen molar-refractivity contribution in [1.82, 2.24) is 14.5 Å². The molecule has 1 saturated heterocycles. The number of hydrogen-bond donors (Lipinski definition) is 0. The summed E-state index contributed by atoms with van der Waals surface area (Å²) in [7, 11) is 1.43. The average molecular weight is 313 g/mol. The van der Waals surface area contributed by atoms with Crippen LogP contribution in [0.25, 0.3) is 0 Å². The van der Waals surface area contributed by atoms with Crippen LogP contribution in [0.3, 0.4) is 0 Å². The minimum atomic E-state index is -0.262. The fraction of sp³-hybridized carbons (Fsp3) is 0.444. The number of likely N-dealkylation sites (tertiary alicyclic amines) is 1. The lowest BCUT2D eigenvalue weighted by molar-refractivity contribution is 0.0598. The van der Waals surface area contributed by atoms with Gasteiger partial charge in [0, 0.05) is 31.5 Å². The number of aryl methyl sites for hydroxylation is 1. The van der Waals surface area contributed by atoms with Gasteiger partial charge in [-0.25, -0.2) is 9.78 Å². The standard InChI is InChI=1S/C18H23N3O2/c1-14-19-9-11-20(14)13-16-7-5-10-21(16)12-15-6-3-4-8-17(15)18(22)23-2/h3-4,6,8-9,11,16H,5,7,10,12-13H2,1-2H3/t16-/m0/s1. The lowest BCUT2D eigenvalue weighted by Crippen LogP contribution is -2.33. The predicted octanol–water partition coefficient (Wildman–Crippen LogP) is 2.64. The number of methoxy groups -OCH3 is 1. The van der Waals surface area contributed by atoms with Gasteiger partial charge in [0.05, 0.1) is 12.7 Å². The molecule has 3 rings (SSSR count). The van der Waals surface area contributed by atoms with E-state index in [9.17, 15) is 4.79 Å². The fourth-order valence-corrected chi connectivity index (χ4v) is 3.32. The number of nitrogens with zero attached hydrogens (tertiary/aromatic N) is 3.